The number of halogens is 5. The highest BCUT2D eigenvalue weighted by molar-refractivity contribution is 5.14. The highest BCUT2D eigenvalue weighted by Gasteiger charge is 2.63. The Bertz CT molecular complexity index is 400. The molecular formula is C12H12F5O2-. The SMILES string of the molecule is CC(F)(OCCc1ccccc1)C(F)(F)C([O-])(F)F. The summed E-state index contributed by atoms with van der Waals surface area (Å²) >= 11 is 0. The highest BCUT2D eigenvalue weighted by Crippen LogP contribution is 2.42. The van der Waals surface area contributed by atoms with Gasteiger partial charge < -0.3 is 9.84 Å². The molecule has 7 heteroatoms. The first kappa shape index (κ1) is 15.8. The summed E-state index contributed by atoms with van der Waals surface area (Å²) in [6.45, 7) is -0.438. The lowest BCUT2D eigenvalue weighted by molar-refractivity contribution is -0.626. The molecule has 1 rings (SSSR count). The van der Waals surface area contributed by atoms with Gasteiger partial charge in [-0.05, 0) is 12.0 Å². The van der Waals surface area contributed by atoms with Gasteiger partial charge in [0, 0.05) is 6.92 Å². The van der Waals surface area contributed by atoms with Crippen molar-refractivity contribution in [1.82, 2.24) is 0 Å². The summed E-state index contributed by atoms with van der Waals surface area (Å²) in [5, 5.41) is 10.0. The molecule has 19 heavy (non-hydrogen) atoms. The monoisotopic (exact) mass is 283 g/mol. The third-order valence-electron chi connectivity index (χ3n) is 2.53. The Kier molecular flexibility index (Phi) is 4.52. The molecule has 1 aromatic rings. The molecule has 1 aromatic carbocycles. The summed E-state index contributed by atoms with van der Waals surface area (Å²) in [6.07, 6.45) is -5.69. The lowest BCUT2D eigenvalue weighted by atomic mass is 10.1. The van der Waals surface area contributed by atoms with E-state index < -0.39 is 24.5 Å². The Hall–Kier alpha value is -1.21. The van der Waals surface area contributed by atoms with E-state index in [2.05, 4.69) is 4.74 Å². The van der Waals surface area contributed by atoms with Crippen LogP contribution in [0.3, 0.4) is 0 Å². The second-order valence-electron chi connectivity index (χ2n) is 4.09. The minimum Gasteiger partial charge on any atom is -0.793 e. The zero-order chi connectivity index (χ0) is 14.7. The van der Waals surface area contributed by atoms with Crippen LogP contribution in [0.1, 0.15) is 12.5 Å². The van der Waals surface area contributed by atoms with Crippen LogP contribution in [-0.4, -0.2) is 24.5 Å². The maximum atomic E-state index is 13.4. The van der Waals surface area contributed by atoms with Gasteiger partial charge in [0.15, 0.2) is 0 Å². The van der Waals surface area contributed by atoms with Crippen molar-refractivity contribution < 1.29 is 31.8 Å². The van der Waals surface area contributed by atoms with Crippen LogP contribution in [0.25, 0.3) is 0 Å². The molecule has 0 saturated heterocycles. The molecule has 0 aliphatic heterocycles. The lowest BCUT2D eigenvalue weighted by Gasteiger charge is -2.38. The van der Waals surface area contributed by atoms with Gasteiger partial charge in [0.25, 0.3) is 12.0 Å². The molecule has 0 spiro atoms. The van der Waals surface area contributed by atoms with Crippen molar-refractivity contribution in [2.24, 2.45) is 0 Å². The first-order valence-electron chi connectivity index (χ1n) is 5.41. The predicted molar refractivity (Wildman–Crippen MR) is 55.5 cm³/mol. The van der Waals surface area contributed by atoms with Gasteiger partial charge in [-0.2, -0.15) is 8.78 Å². The molecule has 0 saturated carbocycles. The van der Waals surface area contributed by atoms with E-state index in [4.69, 9.17) is 0 Å². The van der Waals surface area contributed by atoms with Gasteiger partial charge in [-0.15, -0.1) is 0 Å². The van der Waals surface area contributed by atoms with E-state index in [0.29, 0.717) is 5.56 Å². The number of alkyl halides is 5. The van der Waals surface area contributed by atoms with Crippen LogP contribution >= 0.6 is 0 Å². The molecule has 0 fully saturated rings. The summed E-state index contributed by atoms with van der Waals surface area (Å²) in [5.74, 6) is -9.48. The van der Waals surface area contributed by atoms with Crippen molar-refractivity contribution in [3.05, 3.63) is 35.9 Å². The summed E-state index contributed by atoms with van der Waals surface area (Å²) in [5.41, 5.74) is 0.663. The lowest BCUT2D eigenvalue weighted by Crippen LogP contribution is -2.62. The van der Waals surface area contributed by atoms with Gasteiger partial charge in [-0.25, -0.2) is 13.2 Å². The average molecular weight is 283 g/mol. The van der Waals surface area contributed by atoms with Crippen LogP contribution in [0.5, 0.6) is 0 Å². The number of rotatable bonds is 6. The van der Waals surface area contributed by atoms with Crippen LogP contribution in [0.15, 0.2) is 30.3 Å². The van der Waals surface area contributed by atoms with Crippen LogP contribution in [-0.2, 0) is 11.2 Å². The van der Waals surface area contributed by atoms with Gasteiger partial charge in [0.1, 0.15) is 0 Å². The van der Waals surface area contributed by atoms with Crippen molar-refractivity contribution >= 4 is 0 Å². The van der Waals surface area contributed by atoms with Crippen molar-refractivity contribution in [2.75, 3.05) is 6.61 Å². The van der Waals surface area contributed by atoms with Crippen LogP contribution < -0.4 is 5.11 Å². The molecule has 0 heterocycles. The van der Waals surface area contributed by atoms with Crippen LogP contribution in [0.4, 0.5) is 22.0 Å². The largest absolute Gasteiger partial charge is 0.793 e. The highest BCUT2D eigenvalue weighted by atomic mass is 19.3. The number of benzene rings is 1. The molecule has 0 aliphatic rings. The second kappa shape index (κ2) is 5.42. The first-order valence-corrected chi connectivity index (χ1v) is 5.41. The maximum absolute atomic E-state index is 13.4. The topological polar surface area (TPSA) is 32.3 Å². The molecule has 1 atom stereocenters. The minimum absolute atomic E-state index is 0.0564. The van der Waals surface area contributed by atoms with Crippen molar-refractivity contribution in [2.45, 2.75) is 31.2 Å². The summed E-state index contributed by atoms with van der Waals surface area (Å²) < 4.78 is 67.5. The van der Waals surface area contributed by atoms with E-state index in [1.165, 1.54) is 0 Å². The van der Waals surface area contributed by atoms with E-state index in [9.17, 15) is 27.1 Å². The molecule has 0 aliphatic carbocycles. The van der Waals surface area contributed by atoms with Gasteiger partial charge in [0.2, 0.25) is 0 Å². The normalized spacial score (nSPS) is 16.2. The smallest absolute Gasteiger partial charge is 0.352 e. The molecule has 2 nitrogen and oxygen atoms in total. The molecule has 1 unspecified atom stereocenters. The van der Waals surface area contributed by atoms with Gasteiger partial charge >= 0.3 is 5.92 Å². The second-order valence-corrected chi connectivity index (χ2v) is 4.09. The van der Waals surface area contributed by atoms with Crippen LogP contribution in [0.2, 0.25) is 0 Å². The van der Waals surface area contributed by atoms with Crippen LogP contribution in [0, 0.1) is 0 Å². The first-order chi connectivity index (χ1) is 8.58. The van der Waals surface area contributed by atoms with Gasteiger partial charge in [-0.3, -0.25) is 0 Å². The van der Waals surface area contributed by atoms with E-state index in [1.807, 2.05) is 0 Å². The summed E-state index contributed by atoms with van der Waals surface area (Å²) in [6, 6.07) is 8.34. The van der Waals surface area contributed by atoms with E-state index >= 15 is 0 Å². The van der Waals surface area contributed by atoms with E-state index in [0.717, 1.165) is 0 Å². The maximum Gasteiger partial charge on any atom is 0.352 e. The minimum atomic E-state index is -5.75. The quantitative estimate of drug-likeness (QED) is 0.751. The number of hydrogen-bond acceptors (Lipinski definition) is 2. The fourth-order valence-corrected chi connectivity index (χ4v) is 1.36. The Morgan fingerprint density at radius 3 is 2.05 bits per heavy atom. The Balaban J connectivity index is 2.61. The van der Waals surface area contributed by atoms with Crippen molar-refractivity contribution in [3.8, 4) is 0 Å². The van der Waals surface area contributed by atoms with Crippen molar-refractivity contribution in [1.29, 1.82) is 0 Å². The zero-order valence-electron chi connectivity index (χ0n) is 10.0. The van der Waals surface area contributed by atoms with E-state index in [1.54, 1.807) is 30.3 Å². The van der Waals surface area contributed by atoms with Gasteiger partial charge in [-0.1, -0.05) is 30.3 Å². The fourth-order valence-electron chi connectivity index (χ4n) is 1.36. The average Bonchev–Trinajstić information content (AvgIpc) is 2.28. The Labute approximate surface area is 106 Å². The molecule has 108 valence electrons. The molecule has 0 bridgehead atoms. The molecule has 0 aromatic heterocycles. The standard InChI is InChI=1S/C12H12F5O2/c1-10(13,11(14,15)12(16,17)18)19-8-7-9-5-3-2-4-6-9/h2-6H,7-8H2,1H3/q-1. The summed E-state index contributed by atoms with van der Waals surface area (Å²) in [7, 11) is 0. The third-order valence-corrected chi connectivity index (χ3v) is 2.53. The predicted octanol–water partition coefficient (Wildman–Crippen LogP) is 2.52. The van der Waals surface area contributed by atoms with E-state index in [-0.39, 0.29) is 13.3 Å². The fraction of sp³-hybridized carbons (Fsp3) is 0.500. The Morgan fingerprint density at radius 1 is 1.05 bits per heavy atom. The Morgan fingerprint density at radius 2 is 1.58 bits per heavy atom. The van der Waals surface area contributed by atoms with Crippen molar-refractivity contribution in [3.63, 3.8) is 0 Å². The third kappa shape index (κ3) is 3.63. The molecule has 0 amide bonds. The molecule has 0 radical (unpaired) electrons. The zero-order valence-corrected chi connectivity index (χ0v) is 10.0. The summed E-state index contributed by atoms with van der Waals surface area (Å²) in [4.78, 5) is 0. The van der Waals surface area contributed by atoms with Gasteiger partial charge in [0.05, 0.1) is 6.61 Å². The number of hydrogen-bond donors (Lipinski definition) is 0. The number of ether oxygens (including phenoxy) is 1. The molecular weight excluding hydrogens is 271 g/mol. The molecule has 0 N–H and O–H groups in total.